The summed E-state index contributed by atoms with van der Waals surface area (Å²) >= 11 is 3.00. The molecule has 0 radical (unpaired) electrons. The first-order valence-corrected chi connectivity index (χ1v) is 6.28. The van der Waals surface area contributed by atoms with Crippen LogP contribution < -0.4 is 4.90 Å². The van der Waals surface area contributed by atoms with Crippen LogP contribution in [0.15, 0.2) is 22.7 Å². The molecule has 0 aromatic heterocycles. The molecule has 0 spiro atoms. The smallest absolute Gasteiger partial charge is 0.418 e. The van der Waals surface area contributed by atoms with Gasteiger partial charge in [0.15, 0.2) is 0 Å². The van der Waals surface area contributed by atoms with E-state index < -0.39 is 17.7 Å². The summed E-state index contributed by atoms with van der Waals surface area (Å²) in [6.45, 7) is 1.59. The second-order valence-corrected chi connectivity index (χ2v) is 4.74. The van der Waals surface area contributed by atoms with Crippen molar-refractivity contribution in [1.82, 2.24) is 0 Å². The van der Waals surface area contributed by atoms with Crippen LogP contribution in [-0.2, 0) is 15.7 Å². The van der Waals surface area contributed by atoms with Crippen LogP contribution in [0, 0.1) is 0 Å². The van der Waals surface area contributed by atoms with Crippen LogP contribution in [0.2, 0.25) is 0 Å². The van der Waals surface area contributed by atoms with Gasteiger partial charge in [-0.05, 0) is 25.1 Å². The summed E-state index contributed by atoms with van der Waals surface area (Å²) in [5, 5.41) is 0. The maximum atomic E-state index is 12.9. The standard InChI is InChI=1S/C12H13BrF3NO2/c1-3-19-11(18)7-17(2)10-5-4-8(13)6-9(10)12(14,15)16/h4-6H,3,7H2,1-2H3. The Kier molecular flexibility index (Phi) is 5.22. The molecule has 0 heterocycles. The zero-order valence-corrected chi connectivity index (χ0v) is 12.0. The number of carbonyl (C=O) groups is 1. The maximum absolute atomic E-state index is 12.9. The third-order valence-corrected chi connectivity index (χ3v) is 2.84. The highest BCUT2D eigenvalue weighted by Crippen LogP contribution is 2.37. The van der Waals surface area contributed by atoms with Gasteiger partial charge in [-0.15, -0.1) is 0 Å². The van der Waals surface area contributed by atoms with E-state index in [2.05, 4.69) is 15.9 Å². The van der Waals surface area contributed by atoms with Gasteiger partial charge >= 0.3 is 12.1 Å². The Morgan fingerprint density at radius 2 is 2.05 bits per heavy atom. The molecule has 0 aliphatic carbocycles. The molecule has 0 bridgehead atoms. The fourth-order valence-corrected chi connectivity index (χ4v) is 1.91. The summed E-state index contributed by atoms with van der Waals surface area (Å²) < 4.78 is 43.8. The van der Waals surface area contributed by atoms with Gasteiger partial charge in [-0.3, -0.25) is 4.79 Å². The molecule has 1 aromatic carbocycles. The topological polar surface area (TPSA) is 29.5 Å². The summed E-state index contributed by atoms with van der Waals surface area (Å²) in [7, 11) is 1.41. The Morgan fingerprint density at radius 3 is 2.58 bits per heavy atom. The second kappa shape index (κ2) is 6.27. The van der Waals surface area contributed by atoms with Crippen molar-refractivity contribution >= 4 is 27.6 Å². The van der Waals surface area contributed by atoms with Crippen LogP contribution in [0.4, 0.5) is 18.9 Å². The lowest BCUT2D eigenvalue weighted by molar-refractivity contribution is -0.142. The van der Waals surface area contributed by atoms with Crippen molar-refractivity contribution in [1.29, 1.82) is 0 Å². The lowest BCUT2D eigenvalue weighted by Gasteiger charge is -2.22. The van der Waals surface area contributed by atoms with Crippen molar-refractivity contribution in [3.05, 3.63) is 28.2 Å². The highest BCUT2D eigenvalue weighted by molar-refractivity contribution is 9.10. The summed E-state index contributed by atoms with van der Waals surface area (Å²) in [4.78, 5) is 12.5. The number of nitrogens with zero attached hydrogens (tertiary/aromatic N) is 1. The van der Waals surface area contributed by atoms with Crippen LogP contribution in [0.25, 0.3) is 0 Å². The van der Waals surface area contributed by atoms with Gasteiger partial charge in [0.1, 0.15) is 6.54 Å². The van der Waals surface area contributed by atoms with Gasteiger partial charge in [-0.1, -0.05) is 15.9 Å². The van der Waals surface area contributed by atoms with Crippen molar-refractivity contribution in [2.24, 2.45) is 0 Å². The van der Waals surface area contributed by atoms with E-state index in [4.69, 9.17) is 4.74 Å². The van der Waals surface area contributed by atoms with E-state index in [0.717, 1.165) is 6.07 Å². The molecule has 106 valence electrons. The van der Waals surface area contributed by atoms with E-state index in [1.165, 1.54) is 24.1 Å². The monoisotopic (exact) mass is 339 g/mol. The number of ether oxygens (including phenoxy) is 1. The molecule has 1 rings (SSSR count). The Hall–Kier alpha value is -1.24. The third kappa shape index (κ3) is 4.41. The predicted molar refractivity (Wildman–Crippen MR) is 69.0 cm³/mol. The summed E-state index contributed by atoms with van der Waals surface area (Å²) in [5.41, 5.74) is -0.863. The number of esters is 1. The minimum atomic E-state index is -4.48. The van der Waals surface area contributed by atoms with Crippen LogP contribution >= 0.6 is 15.9 Å². The quantitative estimate of drug-likeness (QED) is 0.786. The van der Waals surface area contributed by atoms with Crippen molar-refractivity contribution in [3.63, 3.8) is 0 Å². The molecule has 0 fully saturated rings. The highest BCUT2D eigenvalue weighted by atomic mass is 79.9. The SMILES string of the molecule is CCOC(=O)CN(C)c1ccc(Br)cc1C(F)(F)F. The van der Waals surface area contributed by atoms with E-state index >= 15 is 0 Å². The van der Waals surface area contributed by atoms with Gasteiger partial charge in [-0.2, -0.15) is 13.2 Å². The van der Waals surface area contributed by atoms with E-state index in [9.17, 15) is 18.0 Å². The summed E-state index contributed by atoms with van der Waals surface area (Å²) in [6, 6.07) is 3.79. The third-order valence-electron chi connectivity index (χ3n) is 2.35. The number of rotatable bonds is 4. The molecule has 0 amide bonds. The lowest BCUT2D eigenvalue weighted by Crippen LogP contribution is -2.29. The number of benzene rings is 1. The van der Waals surface area contributed by atoms with Gasteiger partial charge < -0.3 is 9.64 Å². The molecule has 1 aromatic rings. The Balaban J connectivity index is 3.02. The van der Waals surface area contributed by atoms with Crippen LogP contribution in [0.5, 0.6) is 0 Å². The normalized spacial score (nSPS) is 11.3. The fourth-order valence-electron chi connectivity index (χ4n) is 1.55. The zero-order valence-electron chi connectivity index (χ0n) is 10.4. The van der Waals surface area contributed by atoms with Gasteiger partial charge in [0.2, 0.25) is 0 Å². The van der Waals surface area contributed by atoms with E-state index in [1.54, 1.807) is 6.92 Å². The van der Waals surface area contributed by atoms with Crippen molar-refractivity contribution in [2.45, 2.75) is 13.1 Å². The van der Waals surface area contributed by atoms with Gasteiger partial charge in [-0.25, -0.2) is 0 Å². The highest BCUT2D eigenvalue weighted by Gasteiger charge is 2.34. The maximum Gasteiger partial charge on any atom is 0.418 e. The number of anilines is 1. The average molecular weight is 340 g/mol. The molecule has 0 N–H and O–H groups in total. The van der Waals surface area contributed by atoms with Crippen molar-refractivity contribution < 1.29 is 22.7 Å². The zero-order chi connectivity index (χ0) is 14.6. The minimum absolute atomic E-state index is 0.0660. The van der Waals surface area contributed by atoms with Crippen LogP contribution in [-0.4, -0.2) is 26.2 Å². The number of hydrogen-bond donors (Lipinski definition) is 0. The molecule has 0 saturated carbocycles. The predicted octanol–water partition coefficient (Wildman–Crippen LogP) is 3.47. The Labute approximate surface area is 117 Å². The molecule has 0 aliphatic heterocycles. The molecular weight excluding hydrogens is 327 g/mol. The Bertz CT molecular complexity index is 463. The first-order chi connectivity index (χ1) is 8.75. The first-order valence-electron chi connectivity index (χ1n) is 5.49. The lowest BCUT2D eigenvalue weighted by atomic mass is 10.1. The van der Waals surface area contributed by atoms with Crippen LogP contribution in [0.1, 0.15) is 12.5 Å². The number of alkyl halides is 3. The molecule has 3 nitrogen and oxygen atoms in total. The fraction of sp³-hybridized carbons (Fsp3) is 0.417. The number of likely N-dealkylation sites (N-methyl/N-ethyl adjacent to an activating group) is 1. The van der Waals surface area contributed by atoms with E-state index in [-0.39, 0.29) is 18.8 Å². The molecular formula is C12H13BrF3NO2. The van der Waals surface area contributed by atoms with Gasteiger partial charge in [0.05, 0.1) is 12.2 Å². The number of halogens is 4. The minimum Gasteiger partial charge on any atom is -0.465 e. The Morgan fingerprint density at radius 1 is 1.42 bits per heavy atom. The van der Waals surface area contributed by atoms with E-state index in [0.29, 0.717) is 4.47 Å². The molecule has 19 heavy (non-hydrogen) atoms. The molecule has 0 atom stereocenters. The molecule has 0 saturated heterocycles. The van der Waals surface area contributed by atoms with Gasteiger partial charge in [0, 0.05) is 17.2 Å². The van der Waals surface area contributed by atoms with Crippen molar-refractivity contribution in [3.8, 4) is 0 Å². The van der Waals surface area contributed by atoms with Crippen LogP contribution in [0.3, 0.4) is 0 Å². The van der Waals surface area contributed by atoms with E-state index in [1.807, 2.05) is 0 Å². The number of hydrogen-bond acceptors (Lipinski definition) is 3. The summed E-state index contributed by atoms with van der Waals surface area (Å²) in [6.07, 6.45) is -4.48. The first kappa shape index (κ1) is 15.8. The largest absolute Gasteiger partial charge is 0.465 e. The molecule has 7 heteroatoms. The molecule has 0 unspecified atom stereocenters. The van der Waals surface area contributed by atoms with Gasteiger partial charge in [0.25, 0.3) is 0 Å². The molecule has 0 aliphatic rings. The summed E-state index contributed by atoms with van der Waals surface area (Å²) in [5.74, 6) is -0.568. The average Bonchev–Trinajstić information content (AvgIpc) is 2.27. The van der Waals surface area contributed by atoms with Crippen molar-refractivity contribution in [2.75, 3.05) is 25.1 Å². The second-order valence-electron chi connectivity index (χ2n) is 3.82. The number of carbonyl (C=O) groups excluding carboxylic acids is 1.